The number of nitrogens with zero attached hydrogens (tertiary/aromatic N) is 1. The van der Waals surface area contributed by atoms with Crippen molar-refractivity contribution in [3.05, 3.63) is 35.9 Å². The number of hydrogen-bond donors (Lipinski definition) is 1. The fourth-order valence-electron chi connectivity index (χ4n) is 2.67. The van der Waals surface area contributed by atoms with Gasteiger partial charge in [0.05, 0.1) is 5.92 Å². The Balaban J connectivity index is 2.11. The van der Waals surface area contributed by atoms with Gasteiger partial charge in [0.25, 0.3) is 0 Å². The van der Waals surface area contributed by atoms with E-state index in [4.69, 9.17) is 9.84 Å². The lowest BCUT2D eigenvalue weighted by Gasteiger charge is -2.39. The van der Waals surface area contributed by atoms with E-state index in [1.807, 2.05) is 0 Å². The highest BCUT2D eigenvalue weighted by molar-refractivity contribution is 5.74. The first-order chi connectivity index (χ1) is 10.8. The Kier molecular flexibility index (Phi) is 5.12. The lowest BCUT2D eigenvalue weighted by atomic mass is 9.89. The average Bonchev–Trinajstić information content (AvgIpc) is 2.52. The van der Waals surface area contributed by atoms with E-state index in [1.54, 1.807) is 30.3 Å². The summed E-state index contributed by atoms with van der Waals surface area (Å²) in [5, 5.41) is 9.00. The summed E-state index contributed by atoms with van der Waals surface area (Å²) in [6.07, 6.45) is -5.91. The molecule has 1 aromatic carbocycles. The molecule has 126 valence electrons. The number of alkyl halides is 3. The molecule has 0 radical (unpaired) electrons. The summed E-state index contributed by atoms with van der Waals surface area (Å²) in [4.78, 5) is 23.6. The van der Waals surface area contributed by atoms with E-state index in [0.29, 0.717) is 10.5 Å². The summed E-state index contributed by atoms with van der Waals surface area (Å²) >= 11 is 0. The van der Waals surface area contributed by atoms with E-state index in [0.717, 1.165) is 0 Å². The number of halogens is 3. The van der Waals surface area contributed by atoms with E-state index < -0.39 is 30.2 Å². The van der Waals surface area contributed by atoms with Crippen LogP contribution in [0.5, 0.6) is 0 Å². The fraction of sp³-hybridized carbons (Fsp3) is 0.467. The summed E-state index contributed by atoms with van der Waals surface area (Å²) in [5.74, 6) is -3.24. The molecule has 1 fully saturated rings. The largest absolute Gasteiger partial charge is 0.481 e. The van der Waals surface area contributed by atoms with Crippen LogP contribution in [-0.2, 0) is 16.1 Å². The molecule has 23 heavy (non-hydrogen) atoms. The van der Waals surface area contributed by atoms with Crippen molar-refractivity contribution in [2.75, 3.05) is 6.54 Å². The smallest absolute Gasteiger partial charge is 0.410 e. The van der Waals surface area contributed by atoms with Gasteiger partial charge in [-0.15, -0.1) is 0 Å². The Labute approximate surface area is 130 Å². The molecule has 2 atom stereocenters. The Morgan fingerprint density at radius 2 is 1.91 bits per heavy atom. The number of carbonyl (C=O) groups excluding carboxylic acids is 1. The Morgan fingerprint density at radius 3 is 2.48 bits per heavy atom. The average molecular weight is 331 g/mol. The standard InChI is InChI=1S/C15H16F3NO4/c16-15(17,18)12-11(13(20)21)7-4-8-19(12)14(22)23-9-10-5-2-1-3-6-10/h1-3,5-6,11-12H,4,7-9H2,(H,20,21)/t11-,12+/m0/s1. The van der Waals surface area contributed by atoms with Crippen molar-refractivity contribution >= 4 is 12.1 Å². The van der Waals surface area contributed by atoms with Crippen LogP contribution in [0.3, 0.4) is 0 Å². The molecule has 0 aromatic heterocycles. The summed E-state index contributed by atoms with van der Waals surface area (Å²) in [6, 6.07) is 6.16. The van der Waals surface area contributed by atoms with Crippen LogP contribution in [0.1, 0.15) is 18.4 Å². The van der Waals surface area contributed by atoms with Crippen molar-refractivity contribution in [1.82, 2.24) is 4.90 Å². The minimum Gasteiger partial charge on any atom is -0.481 e. The lowest BCUT2D eigenvalue weighted by molar-refractivity contribution is -0.205. The van der Waals surface area contributed by atoms with Crippen LogP contribution >= 0.6 is 0 Å². The lowest BCUT2D eigenvalue weighted by Crippen LogP contribution is -2.57. The molecule has 0 spiro atoms. The molecule has 1 heterocycles. The molecule has 0 unspecified atom stereocenters. The minimum absolute atomic E-state index is 0.123. The second kappa shape index (κ2) is 6.89. The first kappa shape index (κ1) is 17.1. The van der Waals surface area contributed by atoms with E-state index in [-0.39, 0.29) is 26.0 Å². The minimum atomic E-state index is -4.82. The van der Waals surface area contributed by atoms with Gasteiger partial charge < -0.3 is 9.84 Å². The maximum atomic E-state index is 13.2. The molecular weight excluding hydrogens is 315 g/mol. The maximum Gasteiger partial charge on any atom is 0.410 e. The number of benzene rings is 1. The topological polar surface area (TPSA) is 66.8 Å². The van der Waals surface area contributed by atoms with Gasteiger partial charge in [0.1, 0.15) is 12.6 Å². The number of carboxylic acid groups (broad SMARTS) is 1. The first-order valence-electron chi connectivity index (χ1n) is 7.07. The molecular formula is C15H16F3NO4. The third-order valence-corrected chi connectivity index (χ3v) is 3.72. The van der Waals surface area contributed by atoms with Crippen LogP contribution < -0.4 is 0 Å². The Bertz CT molecular complexity index is 562. The molecule has 1 aliphatic rings. The second-order valence-corrected chi connectivity index (χ2v) is 5.31. The monoisotopic (exact) mass is 331 g/mol. The quantitative estimate of drug-likeness (QED) is 0.924. The number of likely N-dealkylation sites (tertiary alicyclic amines) is 1. The van der Waals surface area contributed by atoms with Gasteiger partial charge in [0.2, 0.25) is 0 Å². The van der Waals surface area contributed by atoms with Crippen LogP contribution in [0, 0.1) is 5.92 Å². The SMILES string of the molecule is O=C(O)[C@H]1CCCN(C(=O)OCc2ccccc2)[C@H]1C(F)(F)F. The number of amides is 1. The molecule has 0 saturated carbocycles. The third kappa shape index (κ3) is 4.14. The molecule has 1 aromatic rings. The number of ether oxygens (including phenoxy) is 1. The predicted octanol–water partition coefficient (Wildman–Crippen LogP) is 3.05. The molecule has 1 saturated heterocycles. The van der Waals surface area contributed by atoms with Crippen LogP contribution in [-0.4, -0.2) is 40.8 Å². The van der Waals surface area contributed by atoms with Crippen LogP contribution in [0.25, 0.3) is 0 Å². The third-order valence-electron chi connectivity index (χ3n) is 3.72. The van der Waals surface area contributed by atoms with Gasteiger partial charge in [0, 0.05) is 6.54 Å². The number of carboxylic acids is 1. The number of rotatable bonds is 3. The van der Waals surface area contributed by atoms with E-state index in [1.165, 1.54) is 0 Å². The van der Waals surface area contributed by atoms with Crippen LogP contribution in [0.2, 0.25) is 0 Å². The highest BCUT2D eigenvalue weighted by Crippen LogP contribution is 2.36. The molecule has 1 amide bonds. The number of piperidine rings is 1. The van der Waals surface area contributed by atoms with Crippen molar-refractivity contribution in [3.63, 3.8) is 0 Å². The van der Waals surface area contributed by atoms with Gasteiger partial charge in [-0.2, -0.15) is 13.2 Å². The normalized spacial score (nSPS) is 21.8. The zero-order valence-corrected chi connectivity index (χ0v) is 12.1. The maximum absolute atomic E-state index is 13.2. The molecule has 0 aliphatic carbocycles. The van der Waals surface area contributed by atoms with E-state index in [9.17, 15) is 22.8 Å². The number of aliphatic carboxylic acids is 1. The van der Waals surface area contributed by atoms with Crippen LogP contribution in [0.4, 0.5) is 18.0 Å². The van der Waals surface area contributed by atoms with Gasteiger partial charge >= 0.3 is 18.2 Å². The number of hydrogen-bond acceptors (Lipinski definition) is 3. The molecule has 0 bridgehead atoms. The Hall–Kier alpha value is -2.25. The second-order valence-electron chi connectivity index (χ2n) is 5.31. The molecule has 8 heteroatoms. The summed E-state index contributed by atoms with van der Waals surface area (Å²) < 4.78 is 44.6. The van der Waals surface area contributed by atoms with Gasteiger partial charge in [-0.25, -0.2) is 4.79 Å². The first-order valence-corrected chi connectivity index (χ1v) is 7.07. The van der Waals surface area contributed by atoms with E-state index in [2.05, 4.69) is 0 Å². The summed E-state index contributed by atoms with van der Waals surface area (Å²) in [7, 11) is 0. The zero-order valence-electron chi connectivity index (χ0n) is 12.1. The van der Waals surface area contributed by atoms with Gasteiger partial charge in [-0.1, -0.05) is 30.3 Å². The van der Waals surface area contributed by atoms with Gasteiger partial charge in [-0.3, -0.25) is 9.69 Å². The van der Waals surface area contributed by atoms with Crippen LogP contribution in [0.15, 0.2) is 30.3 Å². The summed E-state index contributed by atoms with van der Waals surface area (Å²) in [6.45, 7) is -0.347. The molecule has 1 aliphatic heterocycles. The highest BCUT2D eigenvalue weighted by atomic mass is 19.4. The van der Waals surface area contributed by atoms with E-state index >= 15 is 0 Å². The molecule has 1 N–H and O–H groups in total. The van der Waals surface area contributed by atoms with Gasteiger partial charge in [0.15, 0.2) is 0 Å². The Morgan fingerprint density at radius 1 is 1.26 bits per heavy atom. The fourth-order valence-corrected chi connectivity index (χ4v) is 2.67. The van der Waals surface area contributed by atoms with Crippen molar-refractivity contribution in [3.8, 4) is 0 Å². The van der Waals surface area contributed by atoms with Gasteiger partial charge in [-0.05, 0) is 18.4 Å². The highest BCUT2D eigenvalue weighted by Gasteiger charge is 2.54. The molecule has 5 nitrogen and oxygen atoms in total. The van der Waals surface area contributed by atoms with Crippen molar-refractivity contribution in [2.24, 2.45) is 5.92 Å². The zero-order chi connectivity index (χ0) is 17.0. The van der Waals surface area contributed by atoms with Crippen molar-refractivity contribution in [2.45, 2.75) is 31.7 Å². The van der Waals surface area contributed by atoms with Crippen molar-refractivity contribution < 1.29 is 32.6 Å². The molecule has 2 rings (SSSR count). The van der Waals surface area contributed by atoms with Crippen molar-refractivity contribution in [1.29, 1.82) is 0 Å². The number of carbonyl (C=O) groups is 2. The predicted molar refractivity (Wildman–Crippen MR) is 73.5 cm³/mol. The summed E-state index contributed by atoms with van der Waals surface area (Å²) in [5.41, 5.74) is 0.635.